The molecule has 1 aromatic carbocycles. The quantitative estimate of drug-likeness (QED) is 0.689. The molecule has 4 nitrogen and oxygen atoms in total. The van der Waals surface area contributed by atoms with Gasteiger partial charge in [-0.3, -0.25) is 4.79 Å². The van der Waals surface area contributed by atoms with Crippen LogP contribution in [0.1, 0.15) is 24.5 Å². The number of hydrogen-bond donors (Lipinski definition) is 0. The van der Waals surface area contributed by atoms with Crippen LogP contribution in [-0.4, -0.2) is 21.8 Å². The van der Waals surface area contributed by atoms with Gasteiger partial charge in [-0.15, -0.1) is 0 Å². The average molecular weight is 305 g/mol. The third kappa shape index (κ3) is 2.31. The topological polar surface area (TPSA) is 37.6 Å². The van der Waals surface area contributed by atoms with Crippen LogP contribution in [0.2, 0.25) is 0 Å². The van der Waals surface area contributed by atoms with E-state index in [4.69, 9.17) is 4.98 Å². The van der Waals surface area contributed by atoms with Crippen LogP contribution in [-0.2, 0) is 11.2 Å². The van der Waals surface area contributed by atoms with Crippen molar-refractivity contribution in [3.05, 3.63) is 53.9 Å². The Bertz CT molecular complexity index is 910. The maximum atomic E-state index is 11.8. The average Bonchev–Trinajstić information content (AvgIpc) is 2.99. The van der Waals surface area contributed by atoms with Gasteiger partial charge in [0.15, 0.2) is 0 Å². The molecule has 1 aliphatic rings. The summed E-state index contributed by atoms with van der Waals surface area (Å²) in [6.45, 7) is 4.52. The molecular weight excluding hydrogens is 286 g/mol. The van der Waals surface area contributed by atoms with Crippen LogP contribution in [0.15, 0.2) is 42.7 Å². The molecule has 116 valence electrons. The van der Waals surface area contributed by atoms with Gasteiger partial charge in [-0.1, -0.05) is 12.1 Å². The minimum Gasteiger partial charge on any atom is -0.312 e. The first kappa shape index (κ1) is 14.0. The molecule has 0 atom stereocenters. The lowest BCUT2D eigenvalue weighted by atomic mass is 9.98. The minimum absolute atomic E-state index is 0.113. The van der Waals surface area contributed by atoms with Crippen molar-refractivity contribution in [2.24, 2.45) is 0 Å². The Balaban J connectivity index is 1.80. The van der Waals surface area contributed by atoms with Gasteiger partial charge < -0.3 is 9.30 Å². The normalized spacial score (nSPS) is 14.1. The number of carbonyl (C=O) groups excluding carboxylic acids is 1. The van der Waals surface area contributed by atoms with Gasteiger partial charge in [0, 0.05) is 37.1 Å². The van der Waals surface area contributed by atoms with E-state index < -0.39 is 0 Å². The van der Waals surface area contributed by atoms with Gasteiger partial charge in [0.25, 0.3) is 0 Å². The Hall–Kier alpha value is -2.62. The highest BCUT2D eigenvalue weighted by Gasteiger charge is 2.20. The molecule has 3 aromatic rings. The monoisotopic (exact) mass is 305 g/mol. The summed E-state index contributed by atoms with van der Waals surface area (Å²) < 4.78 is 2.06. The second-order valence-corrected chi connectivity index (χ2v) is 6.17. The summed E-state index contributed by atoms with van der Waals surface area (Å²) in [6.07, 6.45) is 6.12. The van der Waals surface area contributed by atoms with Gasteiger partial charge in [-0.2, -0.15) is 0 Å². The number of pyridine rings is 1. The lowest BCUT2D eigenvalue weighted by Gasteiger charge is -2.28. The summed E-state index contributed by atoms with van der Waals surface area (Å²) in [6, 6.07) is 10.4. The van der Waals surface area contributed by atoms with E-state index in [1.165, 1.54) is 11.1 Å². The number of amides is 1. The number of fused-ring (bicyclic) bond motifs is 2. The number of benzene rings is 1. The smallest absolute Gasteiger partial charge is 0.223 e. The van der Waals surface area contributed by atoms with Crippen LogP contribution in [0.25, 0.3) is 16.9 Å². The SMILES string of the molecule is CC(=O)N1CCCc2cc(-c3cn4cccc(C)c4n3)ccc21. The predicted octanol–water partition coefficient (Wildman–Crippen LogP) is 3.61. The van der Waals surface area contributed by atoms with Crippen LogP contribution in [0.5, 0.6) is 0 Å². The maximum Gasteiger partial charge on any atom is 0.223 e. The lowest BCUT2D eigenvalue weighted by Crippen LogP contribution is -2.33. The standard InChI is InChI=1S/C19H19N3O/c1-13-5-3-9-21-12-17(20-19(13)21)15-7-8-18-16(11-15)6-4-10-22(18)14(2)23/h3,5,7-9,11-12H,4,6,10H2,1-2H3. The maximum absolute atomic E-state index is 11.8. The van der Waals surface area contributed by atoms with Crippen molar-refractivity contribution in [3.63, 3.8) is 0 Å². The van der Waals surface area contributed by atoms with Crippen molar-refractivity contribution < 1.29 is 4.79 Å². The summed E-state index contributed by atoms with van der Waals surface area (Å²) in [4.78, 5) is 18.4. The molecule has 0 N–H and O–H groups in total. The number of hydrogen-bond acceptors (Lipinski definition) is 2. The molecule has 0 saturated carbocycles. The Morgan fingerprint density at radius 2 is 2.13 bits per heavy atom. The largest absolute Gasteiger partial charge is 0.312 e. The highest BCUT2D eigenvalue weighted by atomic mass is 16.2. The number of rotatable bonds is 1. The molecule has 0 bridgehead atoms. The number of nitrogens with zero attached hydrogens (tertiary/aromatic N) is 3. The van der Waals surface area contributed by atoms with Crippen LogP contribution in [0.4, 0.5) is 5.69 Å². The Morgan fingerprint density at radius 1 is 1.26 bits per heavy atom. The first-order chi connectivity index (χ1) is 11.1. The van der Waals surface area contributed by atoms with E-state index >= 15 is 0 Å². The van der Waals surface area contributed by atoms with Crippen LogP contribution < -0.4 is 4.90 Å². The highest BCUT2D eigenvalue weighted by molar-refractivity contribution is 5.93. The molecule has 1 aliphatic heterocycles. The van der Waals surface area contributed by atoms with E-state index in [9.17, 15) is 4.79 Å². The summed E-state index contributed by atoms with van der Waals surface area (Å²) in [5, 5.41) is 0. The molecule has 0 fully saturated rings. The van der Waals surface area contributed by atoms with E-state index in [-0.39, 0.29) is 5.91 Å². The lowest BCUT2D eigenvalue weighted by molar-refractivity contribution is -0.116. The zero-order valence-electron chi connectivity index (χ0n) is 13.4. The van der Waals surface area contributed by atoms with Gasteiger partial charge in [-0.05, 0) is 49.1 Å². The second kappa shape index (κ2) is 5.23. The van der Waals surface area contributed by atoms with E-state index in [1.54, 1.807) is 6.92 Å². The molecule has 23 heavy (non-hydrogen) atoms. The molecule has 1 amide bonds. The molecule has 4 rings (SSSR count). The van der Waals surface area contributed by atoms with Crippen molar-refractivity contribution in [1.29, 1.82) is 0 Å². The molecule has 3 heterocycles. The van der Waals surface area contributed by atoms with Crippen molar-refractivity contribution in [2.75, 3.05) is 11.4 Å². The van der Waals surface area contributed by atoms with Gasteiger partial charge in [-0.25, -0.2) is 4.98 Å². The molecule has 0 unspecified atom stereocenters. The predicted molar refractivity (Wildman–Crippen MR) is 91.7 cm³/mol. The van der Waals surface area contributed by atoms with E-state index in [0.29, 0.717) is 0 Å². The zero-order chi connectivity index (χ0) is 16.0. The molecule has 4 heteroatoms. The fourth-order valence-electron chi connectivity index (χ4n) is 3.38. The van der Waals surface area contributed by atoms with Gasteiger partial charge in [0.05, 0.1) is 5.69 Å². The number of imidazole rings is 1. The zero-order valence-corrected chi connectivity index (χ0v) is 13.4. The van der Waals surface area contributed by atoms with E-state index in [0.717, 1.165) is 42.0 Å². The molecule has 0 saturated heterocycles. The van der Waals surface area contributed by atoms with Gasteiger partial charge in [0.2, 0.25) is 5.91 Å². The molecule has 2 aromatic heterocycles. The molecule has 0 spiro atoms. The van der Waals surface area contributed by atoms with E-state index in [1.807, 2.05) is 17.2 Å². The van der Waals surface area contributed by atoms with Crippen molar-refractivity contribution in [2.45, 2.75) is 26.7 Å². The summed E-state index contributed by atoms with van der Waals surface area (Å²) in [5.41, 5.74) is 6.52. The fraction of sp³-hybridized carbons (Fsp3) is 0.263. The van der Waals surface area contributed by atoms with Crippen molar-refractivity contribution >= 4 is 17.2 Å². The van der Waals surface area contributed by atoms with E-state index in [2.05, 4.69) is 41.8 Å². The molecule has 0 radical (unpaired) electrons. The first-order valence-electron chi connectivity index (χ1n) is 7.99. The highest BCUT2D eigenvalue weighted by Crippen LogP contribution is 2.31. The molecule has 0 aliphatic carbocycles. The molecular formula is C19H19N3O. The Kier molecular flexibility index (Phi) is 3.18. The van der Waals surface area contributed by atoms with Crippen molar-refractivity contribution in [1.82, 2.24) is 9.38 Å². The van der Waals surface area contributed by atoms with Crippen LogP contribution in [0, 0.1) is 6.92 Å². The Morgan fingerprint density at radius 3 is 2.91 bits per heavy atom. The summed E-state index contributed by atoms with van der Waals surface area (Å²) in [5.74, 6) is 0.113. The summed E-state index contributed by atoms with van der Waals surface area (Å²) in [7, 11) is 0. The van der Waals surface area contributed by atoms with Crippen LogP contribution >= 0.6 is 0 Å². The minimum atomic E-state index is 0.113. The number of anilines is 1. The third-order valence-electron chi connectivity index (χ3n) is 4.55. The van der Waals surface area contributed by atoms with Crippen LogP contribution in [0.3, 0.4) is 0 Å². The fourth-order valence-corrected chi connectivity index (χ4v) is 3.38. The number of carbonyl (C=O) groups is 1. The number of aromatic nitrogens is 2. The van der Waals surface area contributed by atoms with Gasteiger partial charge >= 0.3 is 0 Å². The van der Waals surface area contributed by atoms with Gasteiger partial charge in [0.1, 0.15) is 5.65 Å². The Labute approximate surface area is 135 Å². The summed E-state index contributed by atoms with van der Waals surface area (Å²) >= 11 is 0. The van der Waals surface area contributed by atoms with Crippen molar-refractivity contribution in [3.8, 4) is 11.3 Å². The third-order valence-corrected chi connectivity index (χ3v) is 4.55. The number of aryl methyl sites for hydroxylation is 2. The first-order valence-corrected chi connectivity index (χ1v) is 7.99. The second-order valence-electron chi connectivity index (χ2n) is 6.17.